The van der Waals surface area contributed by atoms with E-state index in [1.54, 1.807) is 0 Å². The zero-order valence-electron chi connectivity index (χ0n) is 6.22. The molecule has 64 valence electrons. The first kappa shape index (κ1) is 8.25. The number of hydrogen-bond acceptors (Lipinski definition) is 5. The zero-order chi connectivity index (χ0) is 9.14. The monoisotopic (exact) mass is 170 g/mol. The van der Waals surface area contributed by atoms with Gasteiger partial charge in [-0.1, -0.05) is 0 Å². The van der Waals surface area contributed by atoms with E-state index in [1.165, 1.54) is 13.2 Å². The average Bonchev–Trinajstić information content (AvgIpc) is 2.05. The first-order valence-corrected chi connectivity index (χ1v) is 3.03. The summed E-state index contributed by atoms with van der Waals surface area (Å²) < 4.78 is 4.63. The van der Waals surface area contributed by atoms with Crippen LogP contribution >= 0.6 is 0 Å². The van der Waals surface area contributed by atoms with Crippen molar-refractivity contribution in [2.45, 2.75) is 0 Å². The van der Waals surface area contributed by atoms with Gasteiger partial charge in [-0.05, 0) is 11.0 Å². The molecule has 0 aliphatic carbocycles. The fraction of sp³-hybridized carbons (Fsp3) is 0.167. The number of hydrogen-bond donors (Lipinski definition) is 1. The summed E-state index contributed by atoms with van der Waals surface area (Å²) in [6.07, 6.45) is 0. The molecule has 1 aromatic rings. The first-order chi connectivity index (χ1) is 5.65. The molecular formula is C6H6N2O4. The number of nitro groups is 1. The number of pyridine rings is 1. The normalized spacial score (nSPS) is 9.42. The van der Waals surface area contributed by atoms with Crippen LogP contribution < -0.4 is 4.74 Å². The Bertz CT molecular complexity index is 312. The number of aromatic hydroxyl groups is 1. The third-order valence-electron chi connectivity index (χ3n) is 1.21. The lowest BCUT2D eigenvalue weighted by molar-refractivity contribution is -0.390. The van der Waals surface area contributed by atoms with Gasteiger partial charge in [0.1, 0.15) is 0 Å². The van der Waals surface area contributed by atoms with E-state index in [0.717, 1.165) is 6.07 Å². The molecule has 0 bridgehead atoms. The van der Waals surface area contributed by atoms with Gasteiger partial charge in [-0.2, -0.15) is 0 Å². The Kier molecular flexibility index (Phi) is 2.09. The Morgan fingerprint density at radius 1 is 1.67 bits per heavy atom. The first-order valence-electron chi connectivity index (χ1n) is 3.03. The second kappa shape index (κ2) is 3.04. The van der Waals surface area contributed by atoms with E-state index in [4.69, 9.17) is 5.11 Å². The molecule has 12 heavy (non-hydrogen) atoms. The van der Waals surface area contributed by atoms with Crippen molar-refractivity contribution in [1.29, 1.82) is 0 Å². The second-order valence-electron chi connectivity index (χ2n) is 1.95. The molecule has 0 aromatic carbocycles. The van der Waals surface area contributed by atoms with Crippen LogP contribution in [0.2, 0.25) is 0 Å². The number of rotatable bonds is 2. The fourth-order valence-corrected chi connectivity index (χ4v) is 0.672. The van der Waals surface area contributed by atoms with Crippen molar-refractivity contribution in [1.82, 2.24) is 4.98 Å². The predicted octanol–water partition coefficient (Wildman–Crippen LogP) is 0.704. The van der Waals surface area contributed by atoms with Crippen molar-refractivity contribution in [3.05, 3.63) is 22.2 Å². The molecule has 0 saturated heterocycles. The van der Waals surface area contributed by atoms with Gasteiger partial charge in [0, 0.05) is 11.1 Å². The van der Waals surface area contributed by atoms with Gasteiger partial charge in [-0.25, -0.2) is 0 Å². The Labute approximate surface area is 67.6 Å². The summed E-state index contributed by atoms with van der Waals surface area (Å²) in [5.74, 6) is -0.977. The zero-order valence-corrected chi connectivity index (χ0v) is 6.22. The Hall–Kier alpha value is -1.85. The van der Waals surface area contributed by atoms with Gasteiger partial charge in [0.25, 0.3) is 0 Å². The van der Waals surface area contributed by atoms with Crippen LogP contribution in [-0.4, -0.2) is 22.1 Å². The lowest BCUT2D eigenvalue weighted by Gasteiger charge is -1.96. The molecule has 0 aliphatic rings. The molecule has 1 aromatic heterocycles. The topological polar surface area (TPSA) is 85.5 Å². The standard InChI is InChI=1S/C6H6N2O4/c1-12-5-3-2-4(9)6(7-5)8(10)11/h2-3,9H,1H3. The lowest BCUT2D eigenvalue weighted by Crippen LogP contribution is -1.94. The molecule has 0 unspecified atom stereocenters. The van der Waals surface area contributed by atoms with Crippen LogP contribution in [0.25, 0.3) is 0 Å². The maximum atomic E-state index is 10.2. The highest BCUT2D eigenvalue weighted by molar-refractivity contribution is 5.40. The van der Waals surface area contributed by atoms with Crippen LogP contribution in [0.4, 0.5) is 5.82 Å². The minimum absolute atomic E-state index is 0.0968. The quantitative estimate of drug-likeness (QED) is 0.521. The maximum absolute atomic E-state index is 10.2. The number of methoxy groups -OCH3 is 1. The molecule has 0 fully saturated rings. The maximum Gasteiger partial charge on any atom is 0.409 e. The lowest BCUT2D eigenvalue weighted by atomic mass is 10.4. The summed E-state index contributed by atoms with van der Waals surface area (Å²) in [4.78, 5) is 12.9. The molecular weight excluding hydrogens is 164 g/mol. The third-order valence-corrected chi connectivity index (χ3v) is 1.21. The van der Waals surface area contributed by atoms with Crippen LogP contribution in [0.15, 0.2) is 12.1 Å². The molecule has 0 amide bonds. The molecule has 0 saturated carbocycles. The highest BCUT2D eigenvalue weighted by Crippen LogP contribution is 2.24. The van der Waals surface area contributed by atoms with Crippen molar-refractivity contribution in [3.8, 4) is 11.6 Å². The number of nitrogens with zero attached hydrogens (tertiary/aromatic N) is 2. The molecule has 0 aliphatic heterocycles. The van der Waals surface area contributed by atoms with Gasteiger partial charge in [0.15, 0.2) is 0 Å². The number of ether oxygens (including phenoxy) is 1. The van der Waals surface area contributed by atoms with Gasteiger partial charge < -0.3 is 20.0 Å². The summed E-state index contributed by atoms with van der Waals surface area (Å²) in [7, 11) is 1.34. The van der Waals surface area contributed by atoms with E-state index < -0.39 is 16.5 Å². The van der Waals surface area contributed by atoms with Gasteiger partial charge >= 0.3 is 11.7 Å². The highest BCUT2D eigenvalue weighted by Gasteiger charge is 2.16. The van der Waals surface area contributed by atoms with Crippen LogP contribution in [0.1, 0.15) is 0 Å². The summed E-state index contributed by atoms with van der Waals surface area (Å²) in [5, 5.41) is 19.2. The highest BCUT2D eigenvalue weighted by atomic mass is 16.6. The largest absolute Gasteiger partial charge is 0.501 e. The Morgan fingerprint density at radius 3 is 2.83 bits per heavy atom. The summed E-state index contributed by atoms with van der Waals surface area (Å²) >= 11 is 0. The van der Waals surface area contributed by atoms with Gasteiger partial charge in [-0.15, -0.1) is 0 Å². The SMILES string of the molecule is COc1ccc(O)c([N+](=O)[O-])n1. The second-order valence-corrected chi connectivity index (χ2v) is 1.95. The molecule has 0 radical (unpaired) electrons. The molecule has 6 heteroatoms. The Balaban J connectivity index is 3.17. The number of aromatic nitrogens is 1. The molecule has 1 rings (SSSR count). The van der Waals surface area contributed by atoms with Crippen molar-refractivity contribution in [2.24, 2.45) is 0 Å². The summed E-state index contributed by atoms with van der Waals surface area (Å²) in [5.41, 5.74) is 0. The van der Waals surface area contributed by atoms with Crippen LogP contribution in [0.5, 0.6) is 11.6 Å². The van der Waals surface area contributed by atoms with E-state index in [2.05, 4.69) is 9.72 Å². The van der Waals surface area contributed by atoms with Gasteiger partial charge in [0.2, 0.25) is 5.75 Å². The van der Waals surface area contributed by atoms with E-state index in [9.17, 15) is 10.1 Å². The molecule has 0 atom stereocenters. The average molecular weight is 170 g/mol. The van der Waals surface area contributed by atoms with Gasteiger partial charge in [0.05, 0.1) is 7.11 Å². The minimum Gasteiger partial charge on any atom is -0.501 e. The van der Waals surface area contributed by atoms with E-state index >= 15 is 0 Å². The van der Waals surface area contributed by atoms with Crippen LogP contribution in [0.3, 0.4) is 0 Å². The smallest absolute Gasteiger partial charge is 0.409 e. The van der Waals surface area contributed by atoms with Gasteiger partial charge in [-0.3, -0.25) is 0 Å². The van der Waals surface area contributed by atoms with Crippen molar-refractivity contribution >= 4 is 5.82 Å². The fourth-order valence-electron chi connectivity index (χ4n) is 0.672. The predicted molar refractivity (Wildman–Crippen MR) is 39.1 cm³/mol. The van der Waals surface area contributed by atoms with Crippen molar-refractivity contribution in [2.75, 3.05) is 7.11 Å². The molecule has 0 spiro atoms. The summed E-state index contributed by atoms with van der Waals surface area (Å²) in [6, 6.07) is 2.49. The van der Waals surface area contributed by atoms with E-state index in [-0.39, 0.29) is 5.88 Å². The van der Waals surface area contributed by atoms with E-state index in [1.807, 2.05) is 0 Å². The minimum atomic E-state index is -0.780. The Morgan fingerprint density at radius 2 is 2.33 bits per heavy atom. The summed E-state index contributed by atoms with van der Waals surface area (Å²) in [6.45, 7) is 0. The van der Waals surface area contributed by atoms with Crippen molar-refractivity contribution in [3.63, 3.8) is 0 Å². The van der Waals surface area contributed by atoms with Crippen LogP contribution in [0, 0.1) is 10.1 Å². The molecule has 6 nitrogen and oxygen atoms in total. The van der Waals surface area contributed by atoms with E-state index in [0.29, 0.717) is 0 Å². The third kappa shape index (κ3) is 1.42. The molecule has 1 N–H and O–H groups in total. The molecule has 1 heterocycles. The van der Waals surface area contributed by atoms with Crippen LogP contribution in [-0.2, 0) is 0 Å². The van der Waals surface area contributed by atoms with Crippen molar-refractivity contribution < 1.29 is 14.8 Å².